The van der Waals surface area contributed by atoms with E-state index in [2.05, 4.69) is 21.8 Å². The number of hydrogen-bond acceptors (Lipinski definition) is 4. The summed E-state index contributed by atoms with van der Waals surface area (Å²) in [5.41, 5.74) is 2.19. The maximum atomic E-state index is 13.1. The number of halogens is 1. The average molecular weight is 392 g/mol. The van der Waals surface area contributed by atoms with Gasteiger partial charge in [0.2, 0.25) is 10.0 Å². The van der Waals surface area contributed by atoms with Crippen LogP contribution in [-0.2, 0) is 10.0 Å². The second-order valence-electron chi connectivity index (χ2n) is 7.05. The van der Waals surface area contributed by atoms with E-state index in [1.165, 1.54) is 12.1 Å². The number of anilines is 1. The highest BCUT2D eigenvalue weighted by Crippen LogP contribution is 2.26. The summed E-state index contributed by atoms with van der Waals surface area (Å²) in [5, 5.41) is 0. The van der Waals surface area contributed by atoms with Crippen molar-refractivity contribution < 1.29 is 12.8 Å². The molecule has 2 aromatic rings. The molecule has 1 saturated heterocycles. The largest absolute Gasteiger partial charge is 0.378 e. The van der Waals surface area contributed by atoms with Crippen molar-refractivity contribution in [1.29, 1.82) is 0 Å². The van der Waals surface area contributed by atoms with E-state index in [1.54, 1.807) is 0 Å². The Labute approximate surface area is 160 Å². The molecule has 1 aliphatic rings. The lowest BCUT2D eigenvalue weighted by atomic mass is 10.1. The van der Waals surface area contributed by atoms with Gasteiger partial charge in [0.05, 0.1) is 4.90 Å². The molecule has 1 atom stereocenters. The van der Waals surface area contributed by atoms with Crippen LogP contribution in [0.15, 0.2) is 53.4 Å². The van der Waals surface area contributed by atoms with Crippen LogP contribution in [0.3, 0.4) is 0 Å². The summed E-state index contributed by atoms with van der Waals surface area (Å²) in [6.45, 7) is 2.19. The summed E-state index contributed by atoms with van der Waals surface area (Å²) < 4.78 is 40.9. The number of nitrogens with one attached hydrogen (secondary N) is 1. The summed E-state index contributed by atoms with van der Waals surface area (Å²) in [5.74, 6) is -0.454. The van der Waals surface area contributed by atoms with Crippen LogP contribution in [0.5, 0.6) is 0 Å². The van der Waals surface area contributed by atoms with Crippen LogP contribution in [0.2, 0.25) is 0 Å². The lowest BCUT2D eigenvalue weighted by molar-refractivity contribution is 0.246. The van der Waals surface area contributed by atoms with Gasteiger partial charge < -0.3 is 4.90 Å². The van der Waals surface area contributed by atoms with Gasteiger partial charge in [-0.25, -0.2) is 17.5 Å². The number of hydrogen-bond donors (Lipinski definition) is 1. The molecular weight excluding hydrogens is 365 g/mol. The molecule has 0 unspecified atom stereocenters. The van der Waals surface area contributed by atoms with Crippen molar-refractivity contribution in [3.05, 3.63) is 59.9 Å². The minimum atomic E-state index is -3.68. The van der Waals surface area contributed by atoms with Gasteiger partial charge >= 0.3 is 0 Å². The number of sulfonamides is 1. The molecule has 0 aromatic heterocycles. The summed E-state index contributed by atoms with van der Waals surface area (Å²) in [6, 6.07) is 13.1. The Morgan fingerprint density at radius 3 is 2.19 bits per heavy atom. The van der Waals surface area contributed by atoms with Gasteiger partial charge in [0.15, 0.2) is 0 Å². The van der Waals surface area contributed by atoms with Crippen molar-refractivity contribution in [3.8, 4) is 0 Å². The Morgan fingerprint density at radius 2 is 1.63 bits per heavy atom. The number of benzene rings is 2. The first kappa shape index (κ1) is 19.8. The van der Waals surface area contributed by atoms with Crippen molar-refractivity contribution in [1.82, 2.24) is 9.62 Å². The Kier molecular flexibility index (Phi) is 6.14. The number of likely N-dealkylation sites (tertiary alicyclic amines) is 1. The molecule has 27 heavy (non-hydrogen) atoms. The predicted octanol–water partition coefficient (Wildman–Crippen LogP) is 3.01. The van der Waals surface area contributed by atoms with Crippen molar-refractivity contribution >= 4 is 15.7 Å². The van der Waals surface area contributed by atoms with Crippen molar-refractivity contribution in [3.63, 3.8) is 0 Å². The fourth-order valence-corrected chi connectivity index (χ4v) is 4.43. The highest BCUT2D eigenvalue weighted by Gasteiger charge is 2.25. The van der Waals surface area contributed by atoms with Gasteiger partial charge in [0.25, 0.3) is 0 Å². The second-order valence-corrected chi connectivity index (χ2v) is 8.82. The minimum Gasteiger partial charge on any atom is -0.378 e. The number of rotatable bonds is 7. The maximum absolute atomic E-state index is 13.1. The maximum Gasteiger partial charge on any atom is 0.240 e. The van der Waals surface area contributed by atoms with Crippen LogP contribution in [0, 0.1) is 5.82 Å². The molecule has 0 radical (unpaired) electrons. The zero-order valence-electron chi connectivity index (χ0n) is 15.7. The van der Waals surface area contributed by atoms with Gasteiger partial charge in [-0.3, -0.25) is 4.90 Å². The highest BCUT2D eigenvalue weighted by atomic mass is 32.2. The summed E-state index contributed by atoms with van der Waals surface area (Å²) in [4.78, 5) is 4.43. The van der Waals surface area contributed by atoms with Crippen LogP contribution in [0.1, 0.15) is 24.4 Å². The summed E-state index contributed by atoms with van der Waals surface area (Å²) in [7, 11) is 0.297. The van der Waals surface area contributed by atoms with Gasteiger partial charge in [-0.1, -0.05) is 12.1 Å². The van der Waals surface area contributed by atoms with E-state index in [-0.39, 0.29) is 17.5 Å². The van der Waals surface area contributed by atoms with Crippen molar-refractivity contribution in [2.75, 3.05) is 38.6 Å². The van der Waals surface area contributed by atoms with E-state index in [0.717, 1.165) is 49.3 Å². The van der Waals surface area contributed by atoms with E-state index < -0.39 is 15.8 Å². The molecule has 0 amide bonds. The zero-order chi connectivity index (χ0) is 19.4. The molecule has 0 spiro atoms. The highest BCUT2D eigenvalue weighted by molar-refractivity contribution is 7.89. The third-order valence-electron chi connectivity index (χ3n) is 4.97. The molecule has 3 rings (SSSR count). The molecule has 1 fully saturated rings. The lowest BCUT2D eigenvalue weighted by Gasteiger charge is -2.28. The first-order chi connectivity index (χ1) is 12.9. The first-order valence-corrected chi connectivity index (χ1v) is 10.6. The fraction of sp³-hybridized carbons (Fsp3) is 0.400. The first-order valence-electron chi connectivity index (χ1n) is 9.13. The minimum absolute atomic E-state index is 0.0288. The van der Waals surface area contributed by atoms with Crippen molar-refractivity contribution in [2.45, 2.75) is 23.8 Å². The Hall–Kier alpha value is -1.96. The number of nitrogens with zero attached hydrogens (tertiary/aromatic N) is 2. The third kappa shape index (κ3) is 4.86. The Balaban J connectivity index is 1.78. The monoisotopic (exact) mass is 391 g/mol. The molecule has 1 N–H and O–H groups in total. The van der Waals surface area contributed by atoms with E-state index in [4.69, 9.17) is 0 Å². The molecule has 5 nitrogen and oxygen atoms in total. The van der Waals surface area contributed by atoms with Crippen LogP contribution in [0.25, 0.3) is 0 Å². The molecule has 2 aromatic carbocycles. The topological polar surface area (TPSA) is 52.7 Å². The predicted molar refractivity (Wildman–Crippen MR) is 106 cm³/mol. The van der Waals surface area contributed by atoms with Gasteiger partial charge in [-0.15, -0.1) is 0 Å². The molecule has 1 heterocycles. The van der Waals surface area contributed by atoms with Crippen LogP contribution in [-0.4, -0.2) is 47.0 Å². The average Bonchev–Trinajstić information content (AvgIpc) is 3.17. The quantitative estimate of drug-likeness (QED) is 0.788. The molecule has 0 aliphatic carbocycles. The summed E-state index contributed by atoms with van der Waals surface area (Å²) >= 11 is 0. The van der Waals surface area contributed by atoms with Crippen molar-refractivity contribution in [2.24, 2.45) is 0 Å². The Morgan fingerprint density at radius 1 is 1.04 bits per heavy atom. The SMILES string of the molecule is CN(C)c1ccc([C@@H](CNS(=O)(=O)c2ccc(F)cc2)N2CCCC2)cc1. The van der Waals surface area contributed by atoms with E-state index in [1.807, 2.05) is 31.1 Å². The van der Waals surface area contributed by atoms with E-state index in [0.29, 0.717) is 0 Å². The standard InChI is InChI=1S/C20H26FN3O2S/c1-23(2)18-9-5-16(6-10-18)20(24-13-3-4-14-24)15-22-27(25,26)19-11-7-17(21)8-12-19/h5-12,20,22H,3-4,13-15H2,1-2H3/t20-/m1/s1. The van der Waals surface area contributed by atoms with E-state index >= 15 is 0 Å². The Bertz CT molecular complexity index is 846. The molecule has 7 heteroatoms. The second kappa shape index (κ2) is 8.37. The smallest absolute Gasteiger partial charge is 0.240 e. The normalized spacial score (nSPS) is 16.4. The van der Waals surface area contributed by atoms with E-state index in [9.17, 15) is 12.8 Å². The fourth-order valence-electron chi connectivity index (χ4n) is 3.39. The zero-order valence-corrected chi connectivity index (χ0v) is 16.5. The third-order valence-corrected chi connectivity index (χ3v) is 6.41. The van der Waals surface area contributed by atoms with Gasteiger partial charge in [-0.05, 0) is 67.9 Å². The summed E-state index contributed by atoms with van der Waals surface area (Å²) in [6.07, 6.45) is 2.24. The van der Waals surface area contributed by atoms with Crippen LogP contribution in [0.4, 0.5) is 10.1 Å². The molecule has 0 bridgehead atoms. The van der Waals surface area contributed by atoms with Gasteiger partial charge in [0, 0.05) is 32.4 Å². The molecular formula is C20H26FN3O2S. The van der Waals surface area contributed by atoms with Gasteiger partial charge in [0.1, 0.15) is 5.82 Å². The van der Waals surface area contributed by atoms with Crippen LogP contribution < -0.4 is 9.62 Å². The van der Waals surface area contributed by atoms with Crippen LogP contribution >= 0.6 is 0 Å². The molecule has 146 valence electrons. The lowest BCUT2D eigenvalue weighted by Crippen LogP contribution is -2.36. The molecule has 1 aliphatic heterocycles. The molecule has 0 saturated carbocycles. The van der Waals surface area contributed by atoms with Gasteiger partial charge in [-0.2, -0.15) is 0 Å².